The minimum absolute atomic E-state index is 0.165. The smallest absolute Gasteiger partial charge is 0.270 e. The summed E-state index contributed by atoms with van der Waals surface area (Å²) in [6, 6.07) is 12.9. The predicted octanol–water partition coefficient (Wildman–Crippen LogP) is 3.73. The fourth-order valence-corrected chi connectivity index (χ4v) is 5.84. The van der Waals surface area contributed by atoms with E-state index in [2.05, 4.69) is 56.0 Å². The number of carbonyl (C=O) groups excluding carboxylic acids is 1. The van der Waals surface area contributed by atoms with Crippen LogP contribution in [0.3, 0.4) is 0 Å². The quantitative estimate of drug-likeness (QED) is 0.350. The molecule has 2 saturated heterocycles. The number of ether oxygens (including phenoxy) is 2. The molecule has 1 aromatic carbocycles. The number of nitrogens with one attached hydrogen (secondary N) is 1. The normalized spacial score (nSPS) is 21.0. The second-order valence-electron chi connectivity index (χ2n) is 10.1. The Hall–Kier alpha value is -2.47. The topological polar surface area (TPSA) is 79.4 Å². The van der Waals surface area contributed by atoms with Crippen LogP contribution in [0.5, 0.6) is 0 Å². The third-order valence-electron chi connectivity index (χ3n) is 7.36. The van der Waals surface area contributed by atoms with Gasteiger partial charge in [-0.1, -0.05) is 18.2 Å². The molecule has 0 bridgehead atoms. The third kappa shape index (κ3) is 8.03. The maximum absolute atomic E-state index is 12.4. The molecular weight excluding hydrogens is 514 g/mol. The van der Waals surface area contributed by atoms with E-state index in [0.717, 1.165) is 87.7 Å². The number of benzene rings is 1. The van der Waals surface area contributed by atoms with Gasteiger partial charge in [-0.2, -0.15) is 0 Å². The van der Waals surface area contributed by atoms with Crippen LogP contribution in [-0.4, -0.2) is 92.5 Å². The summed E-state index contributed by atoms with van der Waals surface area (Å²) in [6.45, 7) is 8.03. The van der Waals surface area contributed by atoms with E-state index in [1.807, 2.05) is 12.3 Å². The Kier molecular flexibility index (Phi) is 10.3. The summed E-state index contributed by atoms with van der Waals surface area (Å²) in [5, 5.41) is 0. The molecule has 2 fully saturated rings. The first-order chi connectivity index (χ1) is 19.2. The second-order valence-corrected chi connectivity index (χ2v) is 11.2. The number of hydroxylamine groups is 1. The molecule has 1 N–H and O–H groups in total. The van der Waals surface area contributed by atoms with E-state index in [9.17, 15) is 4.79 Å². The lowest BCUT2D eigenvalue weighted by Gasteiger charge is -2.35. The van der Waals surface area contributed by atoms with E-state index >= 15 is 0 Å². The van der Waals surface area contributed by atoms with Gasteiger partial charge in [0.25, 0.3) is 5.91 Å². The van der Waals surface area contributed by atoms with Crippen LogP contribution in [0.25, 0.3) is 11.1 Å². The Balaban J connectivity index is 1.07. The number of methoxy groups -OCH3 is 1. The lowest BCUT2D eigenvalue weighted by atomic mass is 10.1. The predicted molar refractivity (Wildman–Crippen MR) is 153 cm³/mol. The molecule has 3 aliphatic heterocycles. The van der Waals surface area contributed by atoms with Gasteiger partial charge in [-0.15, -0.1) is 0 Å². The Bertz CT molecular complexity index is 1080. The van der Waals surface area contributed by atoms with Gasteiger partial charge < -0.3 is 14.4 Å². The highest BCUT2D eigenvalue weighted by Gasteiger charge is 2.21. The Morgan fingerprint density at radius 3 is 2.56 bits per heavy atom. The molecule has 4 heterocycles. The van der Waals surface area contributed by atoms with Crippen molar-refractivity contribution in [1.82, 2.24) is 19.7 Å². The van der Waals surface area contributed by atoms with Gasteiger partial charge in [0.1, 0.15) is 5.82 Å². The molecule has 3 aliphatic rings. The molecule has 1 amide bonds. The van der Waals surface area contributed by atoms with Crippen molar-refractivity contribution >= 4 is 23.7 Å². The van der Waals surface area contributed by atoms with Crippen molar-refractivity contribution in [3.05, 3.63) is 54.2 Å². The van der Waals surface area contributed by atoms with Gasteiger partial charge in [0.15, 0.2) is 6.29 Å². The van der Waals surface area contributed by atoms with Gasteiger partial charge in [0.2, 0.25) is 0 Å². The van der Waals surface area contributed by atoms with Crippen molar-refractivity contribution in [2.45, 2.75) is 36.9 Å². The summed E-state index contributed by atoms with van der Waals surface area (Å²) < 4.78 is 13.0. The molecule has 210 valence electrons. The molecule has 0 saturated carbocycles. The lowest BCUT2D eigenvalue weighted by molar-refractivity contribution is -0.198. The lowest BCUT2D eigenvalue weighted by Crippen LogP contribution is -2.47. The minimum atomic E-state index is -0.330. The van der Waals surface area contributed by atoms with Crippen LogP contribution in [0.2, 0.25) is 0 Å². The minimum Gasteiger partial charge on any atom is -0.383 e. The Morgan fingerprint density at radius 2 is 1.90 bits per heavy atom. The number of hydrogen-bond donors (Lipinski definition) is 1. The van der Waals surface area contributed by atoms with Crippen molar-refractivity contribution in [3.63, 3.8) is 0 Å². The van der Waals surface area contributed by atoms with E-state index in [-0.39, 0.29) is 12.2 Å². The first-order valence-electron chi connectivity index (χ1n) is 13.9. The molecule has 9 nitrogen and oxygen atoms in total. The monoisotopic (exact) mass is 553 g/mol. The zero-order valence-corrected chi connectivity index (χ0v) is 23.5. The molecule has 0 radical (unpaired) electrons. The first-order valence-corrected chi connectivity index (χ1v) is 14.7. The number of amides is 1. The highest BCUT2D eigenvalue weighted by molar-refractivity contribution is 7.97. The van der Waals surface area contributed by atoms with Crippen LogP contribution < -0.4 is 10.4 Å². The molecule has 39 heavy (non-hydrogen) atoms. The molecule has 5 rings (SSSR count). The van der Waals surface area contributed by atoms with Crippen molar-refractivity contribution in [2.24, 2.45) is 0 Å². The number of aromatic nitrogens is 1. The maximum atomic E-state index is 12.4. The Labute approximate surface area is 235 Å². The van der Waals surface area contributed by atoms with Gasteiger partial charge in [-0.05, 0) is 61.0 Å². The van der Waals surface area contributed by atoms with Crippen LogP contribution in [0, 0.1) is 0 Å². The zero-order chi connectivity index (χ0) is 26.9. The van der Waals surface area contributed by atoms with Crippen molar-refractivity contribution in [2.75, 3.05) is 71.0 Å². The number of rotatable bonds is 10. The fraction of sp³-hybridized carbons (Fsp3) is 0.517. The summed E-state index contributed by atoms with van der Waals surface area (Å²) >= 11 is 1.72. The largest absolute Gasteiger partial charge is 0.383 e. The van der Waals surface area contributed by atoms with Gasteiger partial charge in [0, 0.05) is 88.2 Å². The van der Waals surface area contributed by atoms with E-state index in [1.54, 1.807) is 19.1 Å². The van der Waals surface area contributed by atoms with Gasteiger partial charge in [-0.3, -0.25) is 9.69 Å². The summed E-state index contributed by atoms with van der Waals surface area (Å²) in [5.41, 5.74) is 5.60. The van der Waals surface area contributed by atoms with Gasteiger partial charge >= 0.3 is 0 Å². The molecule has 1 unspecified atom stereocenters. The molecule has 0 aliphatic carbocycles. The summed E-state index contributed by atoms with van der Waals surface area (Å²) in [7, 11) is 1.75. The average molecular weight is 554 g/mol. The van der Waals surface area contributed by atoms with E-state index in [0.29, 0.717) is 19.6 Å². The van der Waals surface area contributed by atoms with Crippen LogP contribution in [0.15, 0.2) is 59.1 Å². The van der Waals surface area contributed by atoms with Crippen LogP contribution in [0.1, 0.15) is 25.7 Å². The van der Waals surface area contributed by atoms with Gasteiger partial charge in [-0.25, -0.2) is 19.6 Å². The van der Waals surface area contributed by atoms with Crippen LogP contribution in [0.4, 0.5) is 5.82 Å². The third-order valence-corrected chi connectivity index (χ3v) is 8.44. The molecule has 1 aromatic heterocycles. The second kappa shape index (κ2) is 14.2. The van der Waals surface area contributed by atoms with Crippen LogP contribution >= 0.6 is 11.9 Å². The van der Waals surface area contributed by atoms with E-state index in [4.69, 9.17) is 19.3 Å². The average Bonchev–Trinajstić information content (AvgIpc) is 3.00. The maximum Gasteiger partial charge on any atom is 0.270 e. The molecule has 1 atom stereocenters. The highest BCUT2D eigenvalue weighted by atomic mass is 32.2. The highest BCUT2D eigenvalue weighted by Crippen LogP contribution is 2.29. The zero-order valence-electron chi connectivity index (χ0n) is 22.7. The van der Waals surface area contributed by atoms with Crippen molar-refractivity contribution in [3.8, 4) is 11.1 Å². The summed E-state index contributed by atoms with van der Waals surface area (Å²) in [4.78, 5) is 28.6. The molecule has 2 aromatic rings. The number of piperazine rings is 1. The molecule has 10 heteroatoms. The fourth-order valence-electron chi connectivity index (χ4n) is 4.95. The summed E-state index contributed by atoms with van der Waals surface area (Å²) in [6.07, 6.45) is 7.24. The van der Waals surface area contributed by atoms with Gasteiger partial charge in [0.05, 0.1) is 6.61 Å². The standard InChI is InChI=1S/C29H39N5O4S/c1-36-21-19-32-15-17-33(18-16-32)27-10-7-25(22-30-27)23-5-8-26(9-6-23)39-34-13-11-24(12-14-34)29(35)31-38-28-4-2-3-20-37-28/h5-11,22,28H,2-4,12-21H2,1H3,(H,31,35). The number of nitrogens with zero attached hydrogens (tertiary/aromatic N) is 4. The van der Waals surface area contributed by atoms with Crippen LogP contribution in [-0.2, 0) is 19.1 Å². The number of hydrogen-bond acceptors (Lipinski definition) is 9. The Morgan fingerprint density at radius 1 is 1.08 bits per heavy atom. The number of anilines is 1. The van der Waals surface area contributed by atoms with Crippen molar-refractivity contribution in [1.29, 1.82) is 0 Å². The number of carbonyl (C=O) groups is 1. The van der Waals surface area contributed by atoms with E-state index < -0.39 is 0 Å². The van der Waals surface area contributed by atoms with Crippen molar-refractivity contribution < 1.29 is 19.1 Å². The SMILES string of the molecule is COCCN1CCN(c2ccc(-c3ccc(SN4CC=C(C(=O)NOC5CCCCO5)CC4)cc3)cn2)CC1. The molecule has 0 spiro atoms. The molecular formula is C29H39N5O4S. The summed E-state index contributed by atoms with van der Waals surface area (Å²) in [5.74, 6) is 0.875. The first kappa shape index (κ1) is 28.1. The number of pyridine rings is 1. The van der Waals surface area contributed by atoms with E-state index in [1.165, 1.54) is 4.90 Å².